The monoisotopic (exact) mass is 405 g/mol. The van der Waals surface area contributed by atoms with E-state index in [2.05, 4.69) is 52.1 Å². The van der Waals surface area contributed by atoms with Gasteiger partial charge in [-0.05, 0) is 46.5 Å². The van der Waals surface area contributed by atoms with Gasteiger partial charge in [0.15, 0.2) is 0 Å². The van der Waals surface area contributed by atoms with Gasteiger partial charge in [0.1, 0.15) is 12.4 Å². The summed E-state index contributed by atoms with van der Waals surface area (Å²) in [6, 6.07) is 16.5. The van der Waals surface area contributed by atoms with E-state index in [-0.39, 0.29) is 0 Å². The van der Waals surface area contributed by atoms with Gasteiger partial charge in [0.2, 0.25) is 0 Å². The van der Waals surface area contributed by atoms with Crippen LogP contribution in [0.15, 0.2) is 53.0 Å². The van der Waals surface area contributed by atoms with Crippen molar-refractivity contribution in [1.29, 1.82) is 0 Å². The predicted octanol–water partition coefficient (Wildman–Crippen LogP) is 5.41. The fraction of sp³-hybridized carbons (Fsp3) is 0.429. The molecule has 3 nitrogen and oxygen atoms in total. The van der Waals surface area contributed by atoms with Crippen LogP contribution in [0, 0.1) is 0 Å². The average molecular weight is 406 g/mol. The normalized spacial score (nSPS) is 10.7. The lowest BCUT2D eigenvalue weighted by molar-refractivity contribution is 0.282. The quantitative estimate of drug-likeness (QED) is 0.507. The highest BCUT2D eigenvalue weighted by atomic mass is 79.9. The smallest absolute Gasteiger partial charge is 0.136 e. The Balaban J connectivity index is 1.84. The van der Waals surface area contributed by atoms with Gasteiger partial charge < -0.3 is 14.7 Å². The van der Waals surface area contributed by atoms with Crippen molar-refractivity contribution in [3.05, 3.63) is 58.6 Å². The van der Waals surface area contributed by atoms with Crippen LogP contribution in [0.25, 0.3) is 0 Å². The number of anilines is 1. The van der Waals surface area contributed by atoms with Crippen LogP contribution < -0.4 is 9.64 Å². The van der Waals surface area contributed by atoms with Crippen molar-refractivity contribution in [3.8, 4) is 5.75 Å². The number of rotatable bonds is 11. The van der Waals surface area contributed by atoms with E-state index in [1.54, 1.807) is 0 Å². The highest BCUT2D eigenvalue weighted by molar-refractivity contribution is 9.10. The summed E-state index contributed by atoms with van der Waals surface area (Å²) in [5, 5.41) is 8.80. The third-order valence-electron chi connectivity index (χ3n) is 4.24. The Morgan fingerprint density at radius 3 is 2.44 bits per heavy atom. The maximum absolute atomic E-state index is 8.80. The Bertz CT molecular complexity index is 619. The molecule has 2 aromatic rings. The lowest BCUT2D eigenvalue weighted by atomic mass is 10.1. The van der Waals surface area contributed by atoms with E-state index in [9.17, 15) is 0 Å². The molecule has 0 saturated heterocycles. The third kappa shape index (κ3) is 7.09. The van der Waals surface area contributed by atoms with Crippen molar-refractivity contribution < 1.29 is 9.84 Å². The molecule has 0 radical (unpaired) electrons. The molecular weight excluding hydrogens is 378 g/mol. The van der Waals surface area contributed by atoms with Gasteiger partial charge in [-0.2, -0.15) is 0 Å². The molecule has 0 aromatic heterocycles. The van der Waals surface area contributed by atoms with Gasteiger partial charge in [-0.1, -0.05) is 49.6 Å². The van der Waals surface area contributed by atoms with Gasteiger partial charge in [-0.3, -0.25) is 0 Å². The Morgan fingerprint density at radius 2 is 1.68 bits per heavy atom. The Morgan fingerprint density at radius 1 is 0.960 bits per heavy atom. The molecule has 1 N–H and O–H groups in total. The van der Waals surface area contributed by atoms with Crippen LogP contribution in [-0.4, -0.2) is 25.3 Å². The molecule has 0 saturated carbocycles. The summed E-state index contributed by atoms with van der Waals surface area (Å²) in [5.74, 6) is 0.871. The molecular formula is C21H28BrNO2. The largest absolute Gasteiger partial charge is 0.488 e. The van der Waals surface area contributed by atoms with Crippen LogP contribution in [0.5, 0.6) is 5.75 Å². The third-order valence-corrected chi connectivity index (χ3v) is 4.90. The molecule has 0 aliphatic rings. The van der Waals surface area contributed by atoms with Crippen LogP contribution in [-0.2, 0) is 6.61 Å². The Hall–Kier alpha value is -1.52. The van der Waals surface area contributed by atoms with Crippen molar-refractivity contribution in [1.82, 2.24) is 0 Å². The number of halogens is 1. The van der Waals surface area contributed by atoms with Crippen molar-refractivity contribution in [2.24, 2.45) is 0 Å². The number of ether oxygens (including phenoxy) is 1. The van der Waals surface area contributed by atoms with Gasteiger partial charge in [-0.15, -0.1) is 0 Å². The Labute approximate surface area is 159 Å². The fourth-order valence-corrected chi connectivity index (χ4v) is 3.06. The van der Waals surface area contributed by atoms with Crippen molar-refractivity contribution >= 4 is 21.6 Å². The summed E-state index contributed by atoms with van der Waals surface area (Å²) in [5.41, 5.74) is 2.33. The fourth-order valence-electron chi connectivity index (χ4n) is 2.70. The van der Waals surface area contributed by atoms with Crippen LogP contribution in [0.3, 0.4) is 0 Å². The molecule has 25 heavy (non-hydrogen) atoms. The maximum Gasteiger partial charge on any atom is 0.136 e. The molecule has 0 aliphatic carbocycles. The minimum Gasteiger partial charge on any atom is -0.488 e. The van der Waals surface area contributed by atoms with E-state index in [1.165, 1.54) is 18.5 Å². The lowest BCUT2D eigenvalue weighted by Gasteiger charge is -2.20. The summed E-state index contributed by atoms with van der Waals surface area (Å²) in [6.45, 7) is 1.90. The first-order valence-electron chi connectivity index (χ1n) is 8.99. The summed E-state index contributed by atoms with van der Waals surface area (Å²) >= 11 is 3.58. The standard InChI is InChI=1S/C21H28BrNO2/c1-23(14-8-3-2-4-9-15-24)19-12-13-20(22)21(16-19)25-17-18-10-6-5-7-11-18/h5-7,10-13,16,24H,2-4,8-9,14-15,17H2,1H3. The van der Waals surface area contributed by atoms with E-state index in [4.69, 9.17) is 9.84 Å². The number of aliphatic hydroxyl groups is 1. The molecule has 0 bridgehead atoms. The van der Waals surface area contributed by atoms with Crippen LogP contribution in [0.4, 0.5) is 5.69 Å². The molecule has 0 aliphatic heterocycles. The molecule has 0 atom stereocenters. The minimum atomic E-state index is 0.310. The van der Waals surface area contributed by atoms with Gasteiger partial charge >= 0.3 is 0 Å². The summed E-state index contributed by atoms with van der Waals surface area (Å²) in [6.07, 6.45) is 5.61. The second-order valence-electron chi connectivity index (χ2n) is 6.30. The van der Waals surface area contributed by atoms with Crippen molar-refractivity contribution in [2.45, 2.75) is 38.7 Å². The van der Waals surface area contributed by atoms with Gasteiger partial charge in [0.25, 0.3) is 0 Å². The first kappa shape index (κ1) is 19.8. The molecule has 4 heteroatoms. The van der Waals surface area contributed by atoms with E-state index >= 15 is 0 Å². The molecule has 136 valence electrons. The molecule has 0 unspecified atom stereocenters. The second-order valence-corrected chi connectivity index (χ2v) is 7.16. The number of nitrogens with zero attached hydrogens (tertiary/aromatic N) is 1. The SMILES string of the molecule is CN(CCCCCCCO)c1ccc(Br)c(OCc2ccccc2)c1. The molecule has 0 spiro atoms. The van der Waals surface area contributed by atoms with Gasteiger partial charge in [0, 0.05) is 32.0 Å². The highest BCUT2D eigenvalue weighted by Crippen LogP contribution is 2.30. The summed E-state index contributed by atoms with van der Waals surface area (Å²) in [4.78, 5) is 2.27. The molecule has 0 amide bonds. The molecule has 2 rings (SSSR count). The van der Waals surface area contributed by atoms with Gasteiger partial charge in [-0.25, -0.2) is 0 Å². The first-order chi connectivity index (χ1) is 12.2. The van der Waals surface area contributed by atoms with Crippen molar-refractivity contribution in [2.75, 3.05) is 25.1 Å². The van der Waals surface area contributed by atoms with Crippen LogP contribution in [0.2, 0.25) is 0 Å². The van der Waals surface area contributed by atoms with E-state index in [0.29, 0.717) is 13.2 Å². The zero-order valence-electron chi connectivity index (χ0n) is 15.0. The average Bonchev–Trinajstić information content (AvgIpc) is 2.64. The number of aliphatic hydroxyl groups excluding tert-OH is 1. The number of unbranched alkanes of at least 4 members (excludes halogenated alkanes) is 4. The lowest BCUT2D eigenvalue weighted by Crippen LogP contribution is -2.18. The number of hydrogen-bond acceptors (Lipinski definition) is 3. The highest BCUT2D eigenvalue weighted by Gasteiger charge is 2.07. The zero-order chi connectivity index (χ0) is 17.9. The summed E-state index contributed by atoms with van der Waals surface area (Å²) < 4.78 is 6.96. The second kappa shape index (κ2) is 11.2. The first-order valence-corrected chi connectivity index (χ1v) is 9.78. The van der Waals surface area contributed by atoms with E-state index in [0.717, 1.165) is 41.6 Å². The van der Waals surface area contributed by atoms with Crippen molar-refractivity contribution in [3.63, 3.8) is 0 Å². The van der Waals surface area contributed by atoms with E-state index in [1.807, 2.05) is 24.3 Å². The Kier molecular flexibility index (Phi) is 8.84. The van der Waals surface area contributed by atoms with Crippen LogP contribution >= 0.6 is 15.9 Å². The molecule has 0 heterocycles. The topological polar surface area (TPSA) is 32.7 Å². The maximum atomic E-state index is 8.80. The summed E-state index contributed by atoms with van der Waals surface area (Å²) in [7, 11) is 2.12. The van der Waals surface area contributed by atoms with Crippen LogP contribution in [0.1, 0.15) is 37.7 Å². The van der Waals surface area contributed by atoms with E-state index < -0.39 is 0 Å². The number of benzene rings is 2. The predicted molar refractivity (Wildman–Crippen MR) is 108 cm³/mol. The molecule has 2 aromatic carbocycles. The minimum absolute atomic E-state index is 0.310. The number of hydrogen-bond donors (Lipinski definition) is 1. The van der Waals surface area contributed by atoms with Gasteiger partial charge in [0.05, 0.1) is 4.47 Å². The molecule has 0 fully saturated rings. The zero-order valence-corrected chi connectivity index (χ0v) is 16.5.